The minimum Gasteiger partial charge on any atom is -0.461 e. The average Bonchev–Trinajstić information content (AvgIpc) is 2.68. The second kappa shape index (κ2) is 4.01. The molecule has 1 aliphatic heterocycles. The van der Waals surface area contributed by atoms with Gasteiger partial charge in [0.2, 0.25) is 0 Å². The van der Waals surface area contributed by atoms with Crippen LogP contribution >= 0.6 is 0 Å². The number of hydrogen-bond acceptors (Lipinski definition) is 2. The molecule has 1 heterocycles. The minimum absolute atomic E-state index is 0.0161. The van der Waals surface area contributed by atoms with Crippen LogP contribution in [-0.4, -0.2) is 6.61 Å². The Hall–Kier alpha value is -1.70. The molecule has 2 heteroatoms. The van der Waals surface area contributed by atoms with E-state index in [0.29, 0.717) is 12.6 Å². The highest BCUT2D eigenvalue weighted by molar-refractivity contribution is 5.19. The molecular weight excluding hydrogens is 176 g/mol. The third kappa shape index (κ3) is 1.79. The van der Waals surface area contributed by atoms with E-state index in [2.05, 4.69) is 6.58 Å². The van der Waals surface area contributed by atoms with Crippen molar-refractivity contribution in [1.82, 2.24) is 0 Å². The predicted molar refractivity (Wildman–Crippen MR) is 54.5 cm³/mol. The lowest BCUT2D eigenvalue weighted by Gasteiger charge is -2.06. The number of allylic oxidation sites excluding steroid dienone is 2. The van der Waals surface area contributed by atoms with Gasteiger partial charge in [0.25, 0.3) is 5.95 Å². The summed E-state index contributed by atoms with van der Waals surface area (Å²) in [6, 6.07) is 10.0. The van der Waals surface area contributed by atoms with Crippen LogP contribution in [0, 0.1) is 0 Å². The lowest BCUT2D eigenvalue weighted by Crippen LogP contribution is -1.98. The van der Waals surface area contributed by atoms with Gasteiger partial charge in [-0.15, -0.1) is 0 Å². The summed E-state index contributed by atoms with van der Waals surface area (Å²) < 4.78 is 10.9. The fraction of sp³-hybridized carbons (Fsp3) is 0.167. The molecule has 1 unspecified atom stereocenters. The number of hydrogen-bond donors (Lipinski definition) is 0. The maximum Gasteiger partial charge on any atom is 0.279 e. The van der Waals surface area contributed by atoms with Gasteiger partial charge in [0, 0.05) is 6.08 Å². The van der Waals surface area contributed by atoms with Gasteiger partial charge in [-0.2, -0.15) is 0 Å². The highest BCUT2D eigenvalue weighted by atomic mass is 16.7. The van der Waals surface area contributed by atoms with Crippen molar-refractivity contribution in [2.75, 3.05) is 6.61 Å². The molecule has 2 nitrogen and oxygen atoms in total. The van der Waals surface area contributed by atoms with Crippen LogP contribution in [0.15, 0.2) is 55.0 Å². The number of rotatable bonds is 2. The molecule has 0 aliphatic carbocycles. The van der Waals surface area contributed by atoms with Crippen LogP contribution in [0.5, 0.6) is 0 Å². The molecule has 1 aromatic rings. The second-order valence-electron chi connectivity index (χ2n) is 3.05. The molecule has 1 saturated heterocycles. The molecule has 1 aromatic carbocycles. The van der Waals surface area contributed by atoms with Crippen molar-refractivity contribution < 1.29 is 9.47 Å². The van der Waals surface area contributed by atoms with E-state index in [9.17, 15) is 0 Å². The summed E-state index contributed by atoms with van der Waals surface area (Å²) in [5.41, 5.74) is 1.14. The minimum atomic E-state index is 0.0161. The van der Waals surface area contributed by atoms with E-state index in [4.69, 9.17) is 9.47 Å². The maximum atomic E-state index is 5.56. The summed E-state index contributed by atoms with van der Waals surface area (Å²) in [4.78, 5) is 0. The average molecular weight is 188 g/mol. The zero-order chi connectivity index (χ0) is 9.80. The van der Waals surface area contributed by atoms with Crippen LogP contribution in [0.2, 0.25) is 0 Å². The maximum absolute atomic E-state index is 5.56. The Bertz CT molecular complexity index is 341. The van der Waals surface area contributed by atoms with Crippen LogP contribution in [0.4, 0.5) is 0 Å². The van der Waals surface area contributed by atoms with Gasteiger partial charge >= 0.3 is 0 Å². The smallest absolute Gasteiger partial charge is 0.279 e. The third-order valence-corrected chi connectivity index (χ3v) is 2.06. The SMILES string of the molecule is C=C/C=C1/OCC(c2ccccc2)O1. The van der Waals surface area contributed by atoms with Crippen molar-refractivity contribution in [1.29, 1.82) is 0 Å². The van der Waals surface area contributed by atoms with E-state index in [0.717, 1.165) is 5.56 Å². The normalized spacial score (nSPS) is 22.9. The fourth-order valence-corrected chi connectivity index (χ4v) is 1.38. The molecule has 1 aliphatic rings. The molecule has 14 heavy (non-hydrogen) atoms. The zero-order valence-electron chi connectivity index (χ0n) is 7.85. The lowest BCUT2D eigenvalue weighted by molar-refractivity contribution is 0.143. The zero-order valence-corrected chi connectivity index (χ0v) is 7.85. The van der Waals surface area contributed by atoms with Gasteiger partial charge in [-0.1, -0.05) is 43.0 Å². The van der Waals surface area contributed by atoms with Gasteiger partial charge in [-0.25, -0.2) is 0 Å². The second-order valence-corrected chi connectivity index (χ2v) is 3.05. The third-order valence-electron chi connectivity index (χ3n) is 2.06. The topological polar surface area (TPSA) is 18.5 Å². The van der Waals surface area contributed by atoms with Crippen molar-refractivity contribution in [2.45, 2.75) is 6.10 Å². The summed E-state index contributed by atoms with van der Waals surface area (Å²) in [5, 5.41) is 0. The Morgan fingerprint density at radius 1 is 1.29 bits per heavy atom. The molecule has 0 N–H and O–H groups in total. The van der Waals surface area contributed by atoms with Crippen LogP contribution in [0.3, 0.4) is 0 Å². The van der Waals surface area contributed by atoms with Crippen LogP contribution in [0.1, 0.15) is 11.7 Å². The van der Waals surface area contributed by atoms with Gasteiger partial charge in [-0.3, -0.25) is 0 Å². The first-order chi connectivity index (χ1) is 6.90. The number of benzene rings is 1. The van der Waals surface area contributed by atoms with Crippen molar-refractivity contribution >= 4 is 0 Å². The van der Waals surface area contributed by atoms with Crippen molar-refractivity contribution in [2.24, 2.45) is 0 Å². The molecule has 2 rings (SSSR count). The fourth-order valence-electron chi connectivity index (χ4n) is 1.38. The molecule has 72 valence electrons. The molecule has 0 bridgehead atoms. The van der Waals surface area contributed by atoms with Gasteiger partial charge < -0.3 is 9.47 Å². The van der Waals surface area contributed by atoms with E-state index < -0.39 is 0 Å². The Morgan fingerprint density at radius 2 is 2.07 bits per heavy atom. The highest BCUT2D eigenvalue weighted by Gasteiger charge is 2.22. The summed E-state index contributed by atoms with van der Waals surface area (Å²) in [5.74, 6) is 0.550. The van der Waals surface area contributed by atoms with Gasteiger partial charge in [0.1, 0.15) is 6.61 Å². The van der Waals surface area contributed by atoms with Crippen LogP contribution < -0.4 is 0 Å². The molecule has 0 aromatic heterocycles. The lowest BCUT2D eigenvalue weighted by atomic mass is 10.1. The summed E-state index contributed by atoms with van der Waals surface area (Å²) in [6.45, 7) is 4.16. The van der Waals surface area contributed by atoms with Crippen molar-refractivity contribution in [3.63, 3.8) is 0 Å². The number of ether oxygens (including phenoxy) is 2. The van der Waals surface area contributed by atoms with E-state index in [1.807, 2.05) is 30.3 Å². The Kier molecular flexibility index (Phi) is 2.54. The molecule has 0 spiro atoms. The summed E-state index contributed by atoms with van der Waals surface area (Å²) in [7, 11) is 0. The first-order valence-corrected chi connectivity index (χ1v) is 4.57. The van der Waals surface area contributed by atoms with Gasteiger partial charge in [-0.05, 0) is 5.56 Å². The van der Waals surface area contributed by atoms with E-state index >= 15 is 0 Å². The standard InChI is InChI=1S/C12H12O2/c1-2-6-12-13-9-11(14-12)10-7-4-3-5-8-10/h2-8,11H,1,9H2/b12-6-. The van der Waals surface area contributed by atoms with Gasteiger partial charge in [0.15, 0.2) is 6.10 Å². The van der Waals surface area contributed by atoms with Crippen molar-refractivity contribution in [3.05, 3.63) is 60.6 Å². The Labute approximate surface area is 83.5 Å². The molecule has 1 atom stereocenters. The molecule has 1 fully saturated rings. The summed E-state index contributed by atoms with van der Waals surface area (Å²) >= 11 is 0. The Morgan fingerprint density at radius 3 is 2.79 bits per heavy atom. The molecule has 0 amide bonds. The van der Waals surface area contributed by atoms with Crippen LogP contribution in [-0.2, 0) is 9.47 Å². The molecule has 0 radical (unpaired) electrons. The van der Waals surface area contributed by atoms with Crippen LogP contribution in [0.25, 0.3) is 0 Å². The Balaban J connectivity index is 2.10. The molecule has 0 saturated carbocycles. The van der Waals surface area contributed by atoms with E-state index in [-0.39, 0.29) is 6.10 Å². The van der Waals surface area contributed by atoms with Gasteiger partial charge in [0.05, 0.1) is 0 Å². The van der Waals surface area contributed by atoms with Crippen molar-refractivity contribution in [3.8, 4) is 0 Å². The quantitative estimate of drug-likeness (QED) is 0.710. The predicted octanol–water partition coefficient (Wildman–Crippen LogP) is 2.80. The summed E-state index contributed by atoms with van der Waals surface area (Å²) in [6.07, 6.45) is 3.40. The highest BCUT2D eigenvalue weighted by Crippen LogP contribution is 2.27. The largest absolute Gasteiger partial charge is 0.461 e. The molecular formula is C12H12O2. The first kappa shape index (κ1) is 8.88. The van der Waals surface area contributed by atoms with E-state index in [1.54, 1.807) is 12.2 Å². The monoisotopic (exact) mass is 188 g/mol. The first-order valence-electron chi connectivity index (χ1n) is 4.57. The van der Waals surface area contributed by atoms with E-state index in [1.165, 1.54) is 0 Å².